The number of ether oxygens (including phenoxy) is 1. The molecule has 1 unspecified atom stereocenters. The highest BCUT2D eigenvalue weighted by molar-refractivity contribution is 6.26. The fourth-order valence-corrected chi connectivity index (χ4v) is 5.61. The predicted molar refractivity (Wildman–Crippen MR) is 156 cm³/mol. The van der Waals surface area contributed by atoms with Gasteiger partial charge < -0.3 is 4.74 Å². The van der Waals surface area contributed by atoms with Crippen molar-refractivity contribution in [1.29, 1.82) is 0 Å². The topological polar surface area (TPSA) is 46.6 Å². The van der Waals surface area contributed by atoms with Crippen LogP contribution >= 0.6 is 0 Å². The summed E-state index contributed by atoms with van der Waals surface area (Å²) in [5.41, 5.74) is 2.58. The van der Waals surface area contributed by atoms with E-state index in [1.165, 1.54) is 29.7 Å². The Kier molecular flexibility index (Phi) is 8.91. The van der Waals surface area contributed by atoms with Gasteiger partial charge in [-0.1, -0.05) is 97.4 Å². The molecular formula is C34H43NO3. The standard InChI is InChI=1S/C34H43NO3/c1-6-9-11-22-34(4,5)25-16-18-26(19-17-25)38-30-21-20-29-31-27(30)14-12-15-28(31)32(36)35(33(29)37)23-24(8-3)13-10-7-2/h12,14-21,24H,6-11,13,22-23H2,1-5H3. The molecular weight excluding hydrogens is 470 g/mol. The average molecular weight is 514 g/mol. The molecule has 0 spiro atoms. The highest BCUT2D eigenvalue weighted by Gasteiger charge is 2.34. The zero-order valence-corrected chi connectivity index (χ0v) is 23.8. The maximum atomic E-state index is 13.5. The van der Waals surface area contributed by atoms with Gasteiger partial charge in [-0.05, 0) is 60.1 Å². The van der Waals surface area contributed by atoms with Crippen LogP contribution in [-0.2, 0) is 5.41 Å². The number of carbonyl (C=O) groups excluding carboxylic acids is 2. The normalized spacial score (nSPS) is 14.3. The first kappa shape index (κ1) is 27.9. The first-order valence-corrected chi connectivity index (χ1v) is 14.5. The minimum absolute atomic E-state index is 0.119. The van der Waals surface area contributed by atoms with Gasteiger partial charge in [-0.25, -0.2) is 0 Å². The second kappa shape index (κ2) is 12.1. The maximum Gasteiger partial charge on any atom is 0.261 e. The van der Waals surface area contributed by atoms with E-state index in [1.807, 2.05) is 42.5 Å². The fourth-order valence-electron chi connectivity index (χ4n) is 5.61. The van der Waals surface area contributed by atoms with Crippen LogP contribution in [0.5, 0.6) is 11.5 Å². The molecule has 4 nitrogen and oxygen atoms in total. The van der Waals surface area contributed by atoms with E-state index in [2.05, 4.69) is 46.8 Å². The number of hydrogen-bond donors (Lipinski definition) is 0. The highest BCUT2D eigenvalue weighted by Crippen LogP contribution is 2.38. The van der Waals surface area contributed by atoms with Crippen molar-refractivity contribution in [3.63, 3.8) is 0 Å². The van der Waals surface area contributed by atoms with Crippen LogP contribution in [0.1, 0.15) is 112 Å². The van der Waals surface area contributed by atoms with Gasteiger partial charge in [0, 0.05) is 28.4 Å². The largest absolute Gasteiger partial charge is 0.457 e. The molecule has 0 saturated carbocycles. The Bertz CT molecular complexity index is 1250. The molecule has 0 radical (unpaired) electrons. The number of benzene rings is 3. The van der Waals surface area contributed by atoms with Gasteiger partial charge in [-0.2, -0.15) is 0 Å². The van der Waals surface area contributed by atoms with E-state index < -0.39 is 0 Å². The monoisotopic (exact) mass is 513 g/mol. The zero-order valence-electron chi connectivity index (χ0n) is 23.8. The minimum Gasteiger partial charge on any atom is -0.457 e. The van der Waals surface area contributed by atoms with Gasteiger partial charge in [0.05, 0.1) is 0 Å². The number of rotatable bonds is 13. The van der Waals surface area contributed by atoms with Crippen LogP contribution in [0.3, 0.4) is 0 Å². The van der Waals surface area contributed by atoms with Crippen molar-refractivity contribution in [3.8, 4) is 11.5 Å². The first-order chi connectivity index (χ1) is 18.3. The summed E-state index contributed by atoms with van der Waals surface area (Å²) in [7, 11) is 0. The van der Waals surface area contributed by atoms with Gasteiger partial charge in [0.15, 0.2) is 0 Å². The Morgan fingerprint density at radius 1 is 0.816 bits per heavy atom. The Morgan fingerprint density at radius 3 is 2.16 bits per heavy atom. The molecule has 0 N–H and O–H groups in total. The minimum atomic E-state index is -0.199. The molecule has 4 rings (SSSR count). The van der Waals surface area contributed by atoms with E-state index in [0.717, 1.165) is 43.2 Å². The van der Waals surface area contributed by atoms with E-state index in [0.29, 0.717) is 34.7 Å². The molecule has 1 heterocycles. The summed E-state index contributed by atoms with van der Waals surface area (Å²) in [6.45, 7) is 11.6. The Morgan fingerprint density at radius 2 is 1.50 bits per heavy atom. The van der Waals surface area contributed by atoms with Crippen molar-refractivity contribution in [3.05, 3.63) is 71.3 Å². The summed E-state index contributed by atoms with van der Waals surface area (Å²) in [6, 6.07) is 17.7. The summed E-state index contributed by atoms with van der Waals surface area (Å²) < 4.78 is 6.32. The maximum absolute atomic E-state index is 13.5. The SMILES string of the molecule is CCCCCC(C)(C)c1ccc(Oc2ccc3c4c(cccc24)C(=O)N(CC(CC)CCCC)C3=O)cc1. The van der Waals surface area contributed by atoms with Crippen LogP contribution in [0.2, 0.25) is 0 Å². The quantitative estimate of drug-likeness (QED) is 0.169. The van der Waals surface area contributed by atoms with Gasteiger partial charge in [-0.3, -0.25) is 14.5 Å². The lowest BCUT2D eigenvalue weighted by Gasteiger charge is -2.30. The first-order valence-electron chi connectivity index (χ1n) is 14.5. The van der Waals surface area contributed by atoms with Crippen LogP contribution in [0, 0.1) is 5.92 Å². The third kappa shape index (κ3) is 5.80. The van der Waals surface area contributed by atoms with Crippen LogP contribution < -0.4 is 4.74 Å². The van der Waals surface area contributed by atoms with Crippen molar-refractivity contribution in [1.82, 2.24) is 4.90 Å². The summed E-state index contributed by atoms with van der Waals surface area (Å²) in [5.74, 6) is 1.33. The van der Waals surface area contributed by atoms with Crippen LogP contribution in [0.4, 0.5) is 0 Å². The zero-order chi connectivity index (χ0) is 27.3. The van der Waals surface area contributed by atoms with Gasteiger partial charge >= 0.3 is 0 Å². The van der Waals surface area contributed by atoms with Gasteiger partial charge in [0.25, 0.3) is 11.8 Å². The second-order valence-electron chi connectivity index (χ2n) is 11.4. The molecule has 4 heteroatoms. The van der Waals surface area contributed by atoms with E-state index in [9.17, 15) is 9.59 Å². The van der Waals surface area contributed by atoms with Crippen molar-refractivity contribution < 1.29 is 14.3 Å². The fraction of sp³-hybridized carbons (Fsp3) is 0.471. The molecule has 3 aromatic carbocycles. The van der Waals surface area contributed by atoms with E-state index in [4.69, 9.17) is 4.74 Å². The van der Waals surface area contributed by atoms with E-state index in [1.54, 1.807) is 0 Å². The van der Waals surface area contributed by atoms with Crippen molar-refractivity contribution in [2.45, 2.75) is 91.4 Å². The molecule has 0 aliphatic carbocycles. The predicted octanol–water partition coefficient (Wildman–Crippen LogP) is 9.30. The Labute approximate surface area is 228 Å². The van der Waals surface area contributed by atoms with Crippen LogP contribution in [0.15, 0.2) is 54.6 Å². The molecule has 0 bridgehead atoms. The number of amides is 2. The highest BCUT2D eigenvalue weighted by atomic mass is 16.5. The number of carbonyl (C=O) groups is 2. The lowest BCUT2D eigenvalue weighted by Crippen LogP contribution is -2.43. The lowest BCUT2D eigenvalue weighted by atomic mass is 9.80. The molecule has 38 heavy (non-hydrogen) atoms. The molecule has 0 fully saturated rings. The van der Waals surface area contributed by atoms with Crippen molar-refractivity contribution in [2.24, 2.45) is 5.92 Å². The second-order valence-corrected chi connectivity index (χ2v) is 11.4. The summed E-state index contributed by atoms with van der Waals surface area (Å²) >= 11 is 0. The molecule has 0 saturated heterocycles. The van der Waals surface area contributed by atoms with Gasteiger partial charge in [-0.15, -0.1) is 0 Å². The molecule has 1 aliphatic rings. The Balaban J connectivity index is 1.59. The van der Waals surface area contributed by atoms with E-state index in [-0.39, 0.29) is 17.2 Å². The molecule has 0 aromatic heterocycles. The molecule has 1 aliphatic heterocycles. The molecule has 3 aromatic rings. The lowest BCUT2D eigenvalue weighted by molar-refractivity contribution is 0.0580. The van der Waals surface area contributed by atoms with Crippen molar-refractivity contribution >= 4 is 22.6 Å². The van der Waals surface area contributed by atoms with Crippen molar-refractivity contribution in [2.75, 3.05) is 6.54 Å². The molecule has 1 atom stereocenters. The van der Waals surface area contributed by atoms with Gasteiger partial charge in [0.2, 0.25) is 0 Å². The smallest absolute Gasteiger partial charge is 0.261 e. The van der Waals surface area contributed by atoms with Gasteiger partial charge in [0.1, 0.15) is 11.5 Å². The number of hydrogen-bond acceptors (Lipinski definition) is 3. The number of imide groups is 1. The Hall–Kier alpha value is -3.14. The number of unbranched alkanes of at least 4 members (excludes halogenated alkanes) is 3. The number of nitrogens with zero attached hydrogens (tertiary/aromatic N) is 1. The summed E-state index contributed by atoms with van der Waals surface area (Å²) in [4.78, 5) is 28.5. The molecule has 202 valence electrons. The van der Waals surface area contributed by atoms with E-state index >= 15 is 0 Å². The average Bonchev–Trinajstić information content (AvgIpc) is 2.92. The molecule has 2 amide bonds. The third-order valence-electron chi connectivity index (χ3n) is 8.20. The van der Waals surface area contributed by atoms with Crippen LogP contribution in [0.25, 0.3) is 10.8 Å². The summed E-state index contributed by atoms with van der Waals surface area (Å²) in [5, 5.41) is 1.50. The summed E-state index contributed by atoms with van der Waals surface area (Å²) in [6.07, 6.45) is 9.09. The third-order valence-corrected chi connectivity index (χ3v) is 8.20. The van der Waals surface area contributed by atoms with Crippen LogP contribution in [-0.4, -0.2) is 23.3 Å².